The van der Waals surface area contributed by atoms with E-state index < -0.39 is 0 Å². The smallest absolute Gasteiger partial charge is 0.185 e. The zero-order chi connectivity index (χ0) is 14.4. The molecule has 0 atom stereocenters. The van der Waals surface area contributed by atoms with Gasteiger partial charge in [0.1, 0.15) is 12.1 Å². The van der Waals surface area contributed by atoms with Gasteiger partial charge >= 0.3 is 0 Å². The highest BCUT2D eigenvalue weighted by molar-refractivity contribution is 5.78. The molecule has 106 valence electrons. The maximum absolute atomic E-state index is 4.61. The molecule has 1 aliphatic rings. The van der Waals surface area contributed by atoms with Crippen molar-refractivity contribution < 1.29 is 0 Å². The van der Waals surface area contributed by atoms with E-state index in [1.165, 1.54) is 5.56 Å². The lowest BCUT2D eigenvalue weighted by atomic mass is 10.1. The van der Waals surface area contributed by atoms with E-state index in [4.69, 9.17) is 0 Å². The van der Waals surface area contributed by atoms with Crippen molar-refractivity contribution in [3.05, 3.63) is 35.9 Å². The summed E-state index contributed by atoms with van der Waals surface area (Å²) in [6.45, 7) is 3.13. The Labute approximate surface area is 122 Å². The number of hydrogen-bond acceptors (Lipinski definition) is 5. The van der Waals surface area contributed by atoms with E-state index >= 15 is 0 Å². The van der Waals surface area contributed by atoms with E-state index in [0.717, 1.165) is 47.7 Å². The van der Waals surface area contributed by atoms with Crippen molar-refractivity contribution in [2.75, 3.05) is 18.5 Å². The van der Waals surface area contributed by atoms with Gasteiger partial charge in [-0.3, -0.25) is 0 Å². The summed E-state index contributed by atoms with van der Waals surface area (Å²) in [5.41, 5.74) is 5.22. The monoisotopic (exact) mass is 280 g/mol. The maximum atomic E-state index is 4.61. The van der Waals surface area contributed by atoms with E-state index in [0.29, 0.717) is 0 Å². The van der Waals surface area contributed by atoms with Crippen LogP contribution in [-0.4, -0.2) is 38.4 Å². The molecule has 0 fully saturated rings. The largest absolute Gasteiger partial charge is 0.359 e. The van der Waals surface area contributed by atoms with Crippen LogP contribution in [0.2, 0.25) is 0 Å². The number of nitrogens with zero attached hydrogens (tertiary/aromatic N) is 6. The van der Waals surface area contributed by atoms with Crippen LogP contribution in [0.25, 0.3) is 16.8 Å². The molecule has 4 heterocycles. The lowest BCUT2D eigenvalue weighted by Gasteiger charge is -2.11. The molecule has 1 aliphatic heterocycles. The number of likely N-dealkylation sites (N-methyl/N-ethyl adjacent to an activating group) is 1. The molecule has 0 radical (unpaired) electrons. The molecule has 3 aromatic rings. The molecule has 6 nitrogen and oxygen atoms in total. The second kappa shape index (κ2) is 4.51. The number of pyridine rings is 1. The molecule has 3 aromatic heterocycles. The van der Waals surface area contributed by atoms with Crippen molar-refractivity contribution in [1.82, 2.24) is 24.8 Å². The average molecular weight is 280 g/mol. The number of hydrogen-bond donors (Lipinski definition) is 0. The minimum absolute atomic E-state index is 0.778. The zero-order valence-corrected chi connectivity index (χ0v) is 12.1. The summed E-state index contributed by atoms with van der Waals surface area (Å²) in [6, 6.07) is 4.31. The Morgan fingerprint density at radius 3 is 3.05 bits per heavy atom. The van der Waals surface area contributed by atoms with Crippen molar-refractivity contribution in [2.45, 2.75) is 19.8 Å². The summed E-state index contributed by atoms with van der Waals surface area (Å²) in [7, 11) is 2.08. The molecular weight excluding hydrogens is 264 g/mol. The first-order chi connectivity index (χ1) is 10.3. The van der Waals surface area contributed by atoms with Crippen LogP contribution in [0.3, 0.4) is 0 Å². The van der Waals surface area contributed by atoms with Gasteiger partial charge in [0.05, 0.1) is 5.69 Å². The highest BCUT2D eigenvalue weighted by atomic mass is 15.3. The molecule has 0 unspecified atom stereocenters. The van der Waals surface area contributed by atoms with Gasteiger partial charge in [0.25, 0.3) is 0 Å². The molecule has 0 N–H and O–H groups in total. The van der Waals surface area contributed by atoms with Crippen molar-refractivity contribution in [1.29, 1.82) is 0 Å². The third kappa shape index (κ3) is 1.86. The number of aryl methyl sites for hydroxylation is 1. The Hall–Kier alpha value is -2.50. The summed E-state index contributed by atoms with van der Waals surface area (Å²) in [5, 5.41) is 12.6. The molecular formula is C15H16N6. The first-order valence-corrected chi connectivity index (χ1v) is 7.16. The fourth-order valence-corrected chi connectivity index (χ4v) is 2.84. The lowest BCUT2D eigenvalue weighted by molar-refractivity contribution is 0.858. The van der Waals surface area contributed by atoms with E-state index in [9.17, 15) is 0 Å². The van der Waals surface area contributed by atoms with Crippen LogP contribution in [0.4, 0.5) is 5.82 Å². The number of rotatable bonds is 2. The normalized spacial score (nSPS) is 13.9. The summed E-state index contributed by atoms with van der Waals surface area (Å²) in [4.78, 5) is 6.80. The van der Waals surface area contributed by atoms with Crippen molar-refractivity contribution in [3.8, 4) is 11.1 Å². The van der Waals surface area contributed by atoms with Crippen LogP contribution in [0.5, 0.6) is 0 Å². The van der Waals surface area contributed by atoms with Gasteiger partial charge in [0, 0.05) is 30.9 Å². The summed E-state index contributed by atoms with van der Waals surface area (Å²) in [6.07, 6.45) is 5.49. The second-order valence-electron chi connectivity index (χ2n) is 5.38. The molecule has 6 heteroatoms. The van der Waals surface area contributed by atoms with Crippen molar-refractivity contribution in [2.24, 2.45) is 0 Å². The molecule has 0 amide bonds. The SMILES string of the molecule is CCc1cc(-c2cnc3c(c2)CCN3C)c2nncn2n1. The Morgan fingerprint density at radius 2 is 2.19 bits per heavy atom. The number of anilines is 1. The maximum Gasteiger partial charge on any atom is 0.185 e. The fraction of sp³-hybridized carbons (Fsp3) is 0.333. The summed E-state index contributed by atoms with van der Waals surface area (Å²) >= 11 is 0. The third-order valence-corrected chi connectivity index (χ3v) is 4.01. The van der Waals surface area contributed by atoms with Crippen LogP contribution < -0.4 is 4.90 Å². The molecule has 0 saturated carbocycles. The number of aromatic nitrogens is 5. The first kappa shape index (κ1) is 12.3. The van der Waals surface area contributed by atoms with Crippen LogP contribution in [0.1, 0.15) is 18.2 Å². The molecule has 0 saturated heterocycles. The molecule has 0 aliphatic carbocycles. The minimum Gasteiger partial charge on any atom is -0.359 e. The highest BCUT2D eigenvalue weighted by Crippen LogP contribution is 2.30. The van der Waals surface area contributed by atoms with Crippen LogP contribution in [-0.2, 0) is 12.8 Å². The molecule has 0 aromatic carbocycles. The molecule has 0 bridgehead atoms. The number of fused-ring (bicyclic) bond motifs is 2. The quantitative estimate of drug-likeness (QED) is 0.715. The van der Waals surface area contributed by atoms with E-state index in [1.807, 2.05) is 6.20 Å². The molecule has 4 rings (SSSR count). The zero-order valence-electron chi connectivity index (χ0n) is 12.1. The first-order valence-electron chi connectivity index (χ1n) is 7.16. The van der Waals surface area contributed by atoms with E-state index in [2.05, 4.69) is 51.3 Å². The Kier molecular flexibility index (Phi) is 2.63. The topological polar surface area (TPSA) is 59.2 Å². The van der Waals surface area contributed by atoms with Gasteiger partial charge in [-0.2, -0.15) is 9.61 Å². The van der Waals surface area contributed by atoms with Crippen LogP contribution >= 0.6 is 0 Å². The predicted molar refractivity (Wildman–Crippen MR) is 80.4 cm³/mol. The van der Waals surface area contributed by atoms with Crippen molar-refractivity contribution in [3.63, 3.8) is 0 Å². The van der Waals surface area contributed by atoms with Gasteiger partial charge in [-0.1, -0.05) is 6.92 Å². The van der Waals surface area contributed by atoms with Gasteiger partial charge in [-0.15, -0.1) is 10.2 Å². The van der Waals surface area contributed by atoms with Gasteiger partial charge < -0.3 is 4.90 Å². The predicted octanol–water partition coefficient (Wildman–Crippen LogP) is 1.74. The Bertz CT molecular complexity index is 822. The average Bonchev–Trinajstić information content (AvgIpc) is 3.12. The Morgan fingerprint density at radius 1 is 1.29 bits per heavy atom. The van der Waals surface area contributed by atoms with Gasteiger partial charge in [-0.25, -0.2) is 4.98 Å². The third-order valence-electron chi connectivity index (χ3n) is 4.01. The van der Waals surface area contributed by atoms with Gasteiger partial charge in [0.2, 0.25) is 0 Å². The second-order valence-corrected chi connectivity index (χ2v) is 5.38. The minimum atomic E-state index is 0.778. The van der Waals surface area contributed by atoms with E-state index in [-0.39, 0.29) is 0 Å². The summed E-state index contributed by atoms with van der Waals surface area (Å²) < 4.78 is 1.74. The van der Waals surface area contributed by atoms with E-state index in [1.54, 1.807) is 10.8 Å². The molecule has 21 heavy (non-hydrogen) atoms. The summed E-state index contributed by atoms with van der Waals surface area (Å²) in [5.74, 6) is 1.08. The standard InChI is InChI=1S/C15H16N6/c1-3-12-7-13(15-18-17-9-21(15)19-12)11-6-10-4-5-20(2)14(10)16-8-11/h6-9H,3-5H2,1-2H3. The highest BCUT2D eigenvalue weighted by Gasteiger charge is 2.19. The van der Waals surface area contributed by atoms with Crippen molar-refractivity contribution >= 4 is 11.5 Å². The van der Waals surface area contributed by atoms with Gasteiger partial charge in [-0.05, 0) is 30.5 Å². The van der Waals surface area contributed by atoms with Crippen LogP contribution in [0.15, 0.2) is 24.7 Å². The lowest BCUT2D eigenvalue weighted by Crippen LogP contribution is -2.13. The van der Waals surface area contributed by atoms with Crippen LogP contribution in [0, 0.1) is 0 Å². The Balaban J connectivity index is 1.92. The molecule has 0 spiro atoms. The fourth-order valence-electron chi connectivity index (χ4n) is 2.84. The van der Waals surface area contributed by atoms with Gasteiger partial charge in [0.15, 0.2) is 5.65 Å².